The molecule has 0 aromatic carbocycles. The van der Waals surface area contributed by atoms with Crippen LogP contribution in [0.3, 0.4) is 0 Å². The molecule has 4 atom stereocenters. The largest absolute Gasteiger partial charge is 0.390 e. The summed E-state index contributed by atoms with van der Waals surface area (Å²) in [6, 6.07) is 0.626. The van der Waals surface area contributed by atoms with Gasteiger partial charge in [0.25, 0.3) is 5.91 Å². The number of aromatic amines is 1. The van der Waals surface area contributed by atoms with Crippen LogP contribution in [0.4, 0.5) is 0 Å². The van der Waals surface area contributed by atoms with E-state index in [9.17, 15) is 9.90 Å². The van der Waals surface area contributed by atoms with Gasteiger partial charge in [0.05, 0.1) is 5.60 Å². The molecule has 0 spiro atoms. The number of fused-ring (bicyclic) bond motifs is 1. The van der Waals surface area contributed by atoms with Gasteiger partial charge in [-0.3, -0.25) is 9.69 Å². The number of hydrogen-bond acceptors (Lipinski definition) is 4. The minimum absolute atomic E-state index is 0.0857. The number of likely N-dealkylation sites (tertiary alicyclic amines) is 1. The Bertz CT molecular complexity index is 586. The summed E-state index contributed by atoms with van der Waals surface area (Å²) < 4.78 is 0. The van der Waals surface area contributed by atoms with E-state index < -0.39 is 5.60 Å². The zero-order valence-electron chi connectivity index (χ0n) is 15.2. The number of hydrogen-bond donors (Lipinski definition) is 2. The lowest BCUT2D eigenvalue weighted by molar-refractivity contribution is -0.0754. The highest BCUT2D eigenvalue weighted by Crippen LogP contribution is 2.52. The lowest BCUT2D eigenvalue weighted by atomic mass is 9.67. The van der Waals surface area contributed by atoms with E-state index in [0.717, 1.165) is 32.1 Å². The Balaban J connectivity index is 1.75. The van der Waals surface area contributed by atoms with Crippen molar-refractivity contribution in [2.75, 3.05) is 20.6 Å². The van der Waals surface area contributed by atoms with E-state index in [0.29, 0.717) is 18.4 Å². The van der Waals surface area contributed by atoms with Crippen molar-refractivity contribution in [3.8, 4) is 0 Å². The molecule has 24 heavy (non-hydrogen) atoms. The number of nitrogens with zero attached hydrogens (tertiary/aromatic N) is 3. The molecule has 3 rings (SSSR count). The van der Waals surface area contributed by atoms with Gasteiger partial charge in [-0.05, 0) is 33.2 Å². The fraction of sp³-hybridized carbons (Fsp3) is 0.778. The average molecular weight is 334 g/mol. The smallest absolute Gasteiger partial charge is 0.289 e. The van der Waals surface area contributed by atoms with Crippen LogP contribution in [-0.2, 0) is 0 Å². The Morgan fingerprint density at radius 3 is 2.92 bits per heavy atom. The second-order valence-electron chi connectivity index (χ2n) is 8.10. The highest BCUT2D eigenvalue weighted by molar-refractivity contribution is 5.90. The van der Waals surface area contributed by atoms with Crippen molar-refractivity contribution in [3.05, 3.63) is 18.2 Å². The molecule has 1 saturated carbocycles. The Kier molecular flexibility index (Phi) is 4.47. The molecule has 1 aromatic rings. The van der Waals surface area contributed by atoms with Crippen LogP contribution in [0.1, 0.15) is 56.6 Å². The fourth-order valence-electron chi connectivity index (χ4n) is 4.82. The molecule has 1 aliphatic carbocycles. The molecule has 2 fully saturated rings. The first kappa shape index (κ1) is 17.4. The van der Waals surface area contributed by atoms with Crippen molar-refractivity contribution in [2.24, 2.45) is 5.41 Å². The highest BCUT2D eigenvalue weighted by atomic mass is 16.3. The van der Waals surface area contributed by atoms with Crippen LogP contribution < -0.4 is 0 Å². The van der Waals surface area contributed by atoms with Gasteiger partial charge in [0.2, 0.25) is 0 Å². The first-order valence-corrected chi connectivity index (χ1v) is 8.95. The number of imidazole rings is 1. The van der Waals surface area contributed by atoms with Gasteiger partial charge in [0, 0.05) is 43.5 Å². The first-order chi connectivity index (χ1) is 11.3. The van der Waals surface area contributed by atoms with Crippen LogP contribution in [-0.4, -0.2) is 69.1 Å². The first-order valence-electron chi connectivity index (χ1n) is 8.95. The van der Waals surface area contributed by atoms with E-state index in [1.165, 1.54) is 0 Å². The summed E-state index contributed by atoms with van der Waals surface area (Å²) in [5, 5.41) is 11.1. The van der Waals surface area contributed by atoms with Crippen LogP contribution in [0.2, 0.25) is 0 Å². The van der Waals surface area contributed by atoms with Gasteiger partial charge < -0.3 is 15.0 Å². The average Bonchev–Trinajstić information content (AvgIpc) is 3.10. The minimum atomic E-state index is -0.652. The zero-order chi connectivity index (χ0) is 17.5. The monoisotopic (exact) mass is 334 g/mol. The van der Waals surface area contributed by atoms with Crippen LogP contribution in [0, 0.1) is 5.41 Å². The normalized spacial score (nSPS) is 37.0. The van der Waals surface area contributed by atoms with Gasteiger partial charge in [0.1, 0.15) is 0 Å². The number of nitrogens with one attached hydrogen (secondary N) is 1. The quantitative estimate of drug-likeness (QED) is 0.885. The third kappa shape index (κ3) is 2.75. The second kappa shape index (κ2) is 6.15. The van der Waals surface area contributed by atoms with Crippen molar-refractivity contribution in [2.45, 2.75) is 63.6 Å². The van der Waals surface area contributed by atoms with Crippen LogP contribution in [0.15, 0.2) is 12.4 Å². The van der Waals surface area contributed by atoms with Crippen LogP contribution in [0.5, 0.6) is 0 Å². The molecule has 1 aliphatic heterocycles. The summed E-state index contributed by atoms with van der Waals surface area (Å²) in [5.41, 5.74) is -0.780. The second-order valence-corrected chi connectivity index (χ2v) is 8.10. The molecule has 0 bridgehead atoms. The van der Waals surface area contributed by atoms with Crippen LogP contribution >= 0.6 is 0 Å². The van der Waals surface area contributed by atoms with Gasteiger partial charge >= 0.3 is 0 Å². The molecule has 0 unspecified atom stereocenters. The predicted octanol–water partition coefficient (Wildman–Crippen LogP) is 1.89. The summed E-state index contributed by atoms with van der Waals surface area (Å²) >= 11 is 0. The summed E-state index contributed by atoms with van der Waals surface area (Å²) in [6.45, 7) is 4.88. The van der Waals surface area contributed by atoms with Gasteiger partial charge in [-0.25, -0.2) is 4.98 Å². The molecule has 2 N–H and O–H groups in total. The molecular formula is C18H30N4O2. The lowest BCUT2D eigenvalue weighted by Crippen LogP contribution is -2.50. The topological polar surface area (TPSA) is 72.5 Å². The number of rotatable bonds is 3. The summed E-state index contributed by atoms with van der Waals surface area (Å²) in [6.07, 6.45) is 8.41. The fourth-order valence-corrected chi connectivity index (χ4v) is 4.82. The van der Waals surface area contributed by atoms with Crippen molar-refractivity contribution >= 4 is 5.91 Å². The van der Waals surface area contributed by atoms with E-state index >= 15 is 0 Å². The number of aliphatic hydroxyl groups is 1. The maximum atomic E-state index is 12.4. The Labute approximate surface area is 144 Å². The number of H-pyrrole nitrogens is 1. The van der Waals surface area contributed by atoms with E-state index in [-0.39, 0.29) is 17.4 Å². The Morgan fingerprint density at radius 2 is 2.25 bits per heavy atom. The van der Waals surface area contributed by atoms with Crippen LogP contribution in [0.25, 0.3) is 0 Å². The maximum Gasteiger partial charge on any atom is 0.289 e. The summed E-state index contributed by atoms with van der Waals surface area (Å²) in [5.74, 6) is 0.294. The molecule has 2 aliphatic rings. The predicted molar refractivity (Wildman–Crippen MR) is 92.7 cm³/mol. The number of likely N-dealkylation sites (N-methyl/N-ethyl adjacent to an activating group) is 2. The molecule has 2 heterocycles. The van der Waals surface area contributed by atoms with E-state index in [4.69, 9.17) is 0 Å². The lowest BCUT2D eigenvalue weighted by Gasteiger charge is -2.43. The van der Waals surface area contributed by atoms with Crippen molar-refractivity contribution in [1.29, 1.82) is 0 Å². The van der Waals surface area contributed by atoms with Gasteiger partial charge in [-0.15, -0.1) is 0 Å². The van der Waals surface area contributed by atoms with Crippen molar-refractivity contribution in [3.63, 3.8) is 0 Å². The van der Waals surface area contributed by atoms with Gasteiger partial charge in [-0.1, -0.05) is 19.8 Å². The zero-order valence-corrected chi connectivity index (χ0v) is 15.2. The highest BCUT2D eigenvalue weighted by Gasteiger charge is 2.57. The standard InChI is InChI=1S/C18H30N4O2/c1-17-11-13(12-21(3)16(23)15-19-9-10-20-15)22(4)14(17)7-5-6-8-18(17,2)24/h9-10,13-14,24H,5-8,11-12H2,1-4H3,(H,19,20)/t13-,14-,17-,18+/m1/s1. The molecule has 134 valence electrons. The molecule has 6 heteroatoms. The van der Waals surface area contributed by atoms with Gasteiger partial charge in [0.15, 0.2) is 5.82 Å². The molecule has 6 nitrogen and oxygen atoms in total. The molecule has 1 saturated heterocycles. The molecule has 1 amide bonds. The number of amides is 1. The number of carbonyl (C=O) groups excluding carboxylic acids is 1. The van der Waals surface area contributed by atoms with Gasteiger partial charge in [-0.2, -0.15) is 0 Å². The Hall–Kier alpha value is -1.40. The minimum Gasteiger partial charge on any atom is -0.390 e. The number of carbonyl (C=O) groups is 1. The van der Waals surface area contributed by atoms with E-state index in [2.05, 4.69) is 28.8 Å². The maximum absolute atomic E-state index is 12.4. The summed E-state index contributed by atoms with van der Waals surface area (Å²) in [7, 11) is 3.97. The molecule has 0 radical (unpaired) electrons. The van der Waals surface area contributed by atoms with Crippen molar-refractivity contribution < 1.29 is 9.90 Å². The SMILES string of the molecule is CN(C[C@H]1C[C@]2(C)[C@@H](CCCC[C@]2(C)O)N1C)C(=O)c1ncc[nH]1. The third-order valence-corrected chi connectivity index (χ3v) is 6.62. The van der Waals surface area contributed by atoms with E-state index in [1.54, 1.807) is 17.3 Å². The van der Waals surface area contributed by atoms with Crippen molar-refractivity contribution in [1.82, 2.24) is 19.8 Å². The Morgan fingerprint density at radius 1 is 1.50 bits per heavy atom. The molecule has 1 aromatic heterocycles. The van der Waals surface area contributed by atoms with E-state index in [1.807, 2.05) is 14.0 Å². The summed E-state index contributed by atoms with van der Waals surface area (Å²) in [4.78, 5) is 23.5. The number of aromatic nitrogens is 2. The third-order valence-electron chi connectivity index (χ3n) is 6.62. The molecular weight excluding hydrogens is 304 g/mol.